The highest BCUT2D eigenvalue weighted by Crippen LogP contribution is 2.12. The number of hydrogen-bond acceptors (Lipinski definition) is 9. The summed E-state index contributed by atoms with van der Waals surface area (Å²) >= 11 is 0. The van der Waals surface area contributed by atoms with Gasteiger partial charge in [0, 0.05) is 0 Å². The first-order valence-electron chi connectivity index (χ1n) is 7.14. The molecule has 24 heavy (non-hydrogen) atoms. The van der Waals surface area contributed by atoms with Crippen LogP contribution in [0.2, 0.25) is 0 Å². The molecule has 0 aliphatic carbocycles. The van der Waals surface area contributed by atoms with E-state index in [-0.39, 0.29) is 18.5 Å². The van der Waals surface area contributed by atoms with Crippen LogP contribution in [0.25, 0.3) is 0 Å². The maximum absolute atomic E-state index is 11.9. The van der Waals surface area contributed by atoms with Gasteiger partial charge in [0.05, 0.1) is 6.61 Å². The number of aromatic hydroxyl groups is 1. The van der Waals surface area contributed by atoms with Gasteiger partial charge in [-0.1, -0.05) is 12.1 Å². The number of aliphatic hydroxyl groups is 4. The molecule has 0 bridgehead atoms. The average Bonchev–Trinajstić information content (AvgIpc) is 2.59. The number of ether oxygens (including phenoxy) is 1. The third-order valence-corrected chi connectivity index (χ3v) is 3.35. The number of benzene rings is 1. The molecule has 5 atom stereocenters. The second-order valence-corrected chi connectivity index (χ2v) is 5.25. The Labute approximate surface area is 137 Å². The summed E-state index contributed by atoms with van der Waals surface area (Å²) in [6, 6.07) is 4.78. The number of carbonyl (C=O) groups excluding carboxylic acids is 2. The van der Waals surface area contributed by atoms with E-state index >= 15 is 0 Å². The van der Waals surface area contributed by atoms with Crippen molar-refractivity contribution >= 4 is 12.3 Å². The Kier molecular flexibility index (Phi) is 7.75. The van der Waals surface area contributed by atoms with Crippen LogP contribution in [0.15, 0.2) is 24.3 Å². The minimum Gasteiger partial charge on any atom is -0.508 e. The van der Waals surface area contributed by atoms with Crippen molar-refractivity contribution in [2.24, 2.45) is 5.73 Å². The normalized spacial score (nSPS) is 17.4. The smallest absolute Gasteiger partial charge is 0.324 e. The number of carbonyl (C=O) groups is 2. The van der Waals surface area contributed by atoms with Gasteiger partial charge in [-0.15, -0.1) is 0 Å². The standard InChI is InChI=1S/C15H21NO8/c16-10(5-8-1-3-9(19)4-2-8)15(23)24-12(7-18)14(22)13(21)11(20)6-17/h1-4,7,10-14,17,19-22H,5-6,16H2/t10?,11-,12+,13-,14-/m1/s1. The van der Waals surface area contributed by atoms with Crippen molar-refractivity contribution in [3.05, 3.63) is 29.8 Å². The van der Waals surface area contributed by atoms with E-state index in [2.05, 4.69) is 0 Å². The third kappa shape index (κ3) is 5.55. The van der Waals surface area contributed by atoms with Gasteiger partial charge in [0.1, 0.15) is 30.1 Å². The number of nitrogens with two attached hydrogens (primary N) is 1. The fourth-order valence-corrected chi connectivity index (χ4v) is 1.90. The number of esters is 1. The average molecular weight is 343 g/mol. The summed E-state index contributed by atoms with van der Waals surface area (Å²) in [4.78, 5) is 22.8. The summed E-state index contributed by atoms with van der Waals surface area (Å²) in [7, 11) is 0. The molecule has 9 nitrogen and oxygen atoms in total. The highest BCUT2D eigenvalue weighted by Gasteiger charge is 2.34. The van der Waals surface area contributed by atoms with Gasteiger partial charge < -0.3 is 36.0 Å². The molecule has 0 heterocycles. The summed E-state index contributed by atoms with van der Waals surface area (Å²) in [5, 5.41) is 46.4. The van der Waals surface area contributed by atoms with E-state index in [0.717, 1.165) is 0 Å². The van der Waals surface area contributed by atoms with Crippen LogP contribution in [-0.2, 0) is 20.7 Å². The number of phenols is 1. The van der Waals surface area contributed by atoms with E-state index in [4.69, 9.17) is 15.6 Å². The lowest BCUT2D eigenvalue weighted by Gasteiger charge is -2.26. The fourth-order valence-electron chi connectivity index (χ4n) is 1.90. The predicted octanol–water partition coefficient (Wildman–Crippen LogP) is -2.55. The van der Waals surface area contributed by atoms with Crippen LogP contribution >= 0.6 is 0 Å². The van der Waals surface area contributed by atoms with Crippen molar-refractivity contribution < 1.29 is 39.9 Å². The second-order valence-electron chi connectivity index (χ2n) is 5.25. The van der Waals surface area contributed by atoms with E-state index in [1.807, 2.05) is 0 Å². The summed E-state index contributed by atoms with van der Waals surface area (Å²) in [6.07, 6.45) is -7.11. The summed E-state index contributed by atoms with van der Waals surface area (Å²) in [6.45, 7) is -0.849. The van der Waals surface area contributed by atoms with E-state index in [1.54, 1.807) is 12.1 Å². The van der Waals surface area contributed by atoms with Gasteiger partial charge in [0.15, 0.2) is 12.4 Å². The first-order chi connectivity index (χ1) is 11.3. The highest BCUT2D eigenvalue weighted by molar-refractivity contribution is 5.78. The largest absolute Gasteiger partial charge is 0.508 e. The van der Waals surface area contributed by atoms with Crippen LogP contribution in [0.3, 0.4) is 0 Å². The maximum atomic E-state index is 11.9. The third-order valence-electron chi connectivity index (χ3n) is 3.35. The van der Waals surface area contributed by atoms with Crippen LogP contribution in [0.1, 0.15) is 5.56 Å². The number of hydrogen-bond donors (Lipinski definition) is 6. The summed E-state index contributed by atoms with van der Waals surface area (Å²) in [5.41, 5.74) is 6.30. The lowest BCUT2D eigenvalue weighted by Crippen LogP contribution is -2.49. The van der Waals surface area contributed by atoms with Gasteiger partial charge in [0.2, 0.25) is 0 Å². The Hall–Kier alpha value is -2.04. The molecule has 0 spiro atoms. The van der Waals surface area contributed by atoms with Gasteiger partial charge in [-0.05, 0) is 24.1 Å². The molecule has 0 saturated heterocycles. The highest BCUT2D eigenvalue weighted by atomic mass is 16.6. The van der Waals surface area contributed by atoms with Crippen LogP contribution in [0.5, 0.6) is 5.75 Å². The zero-order valence-electron chi connectivity index (χ0n) is 12.7. The summed E-state index contributed by atoms with van der Waals surface area (Å²) < 4.78 is 4.75. The molecular formula is C15H21NO8. The zero-order chi connectivity index (χ0) is 18.3. The first-order valence-corrected chi connectivity index (χ1v) is 7.14. The molecule has 9 heteroatoms. The monoisotopic (exact) mass is 343 g/mol. The quantitative estimate of drug-likeness (QED) is 0.208. The molecule has 0 fully saturated rings. The first kappa shape index (κ1) is 20.0. The molecule has 134 valence electrons. The Morgan fingerprint density at radius 3 is 2.25 bits per heavy atom. The molecule has 0 aliphatic heterocycles. The molecule has 0 aromatic heterocycles. The molecular weight excluding hydrogens is 322 g/mol. The minimum absolute atomic E-state index is 0.0514. The van der Waals surface area contributed by atoms with Crippen molar-refractivity contribution in [1.82, 2.24) is 0 Å². The fraction of sp³-hybridized carbons (Fsp3) is 0.467. The molecule has 0 aliphatic rings. The van der Waals surface area contributed by atoms with Gasteiger partial charge >= 0.3 is 5.97 Å². The zero-order valence-corrected chi connectivity index (χ0v) is 12.7. The Morgan fingerprint density at radius 2 is 1.75 bits per heavy atom. The van der Waals surface area contributed by atoms with Crippen molar-refractivity contribution in [2.45, 2.75) is 36.9 Å². The van der Waals surface area contributed by atoms with E-state index < -0.39 is 43.0 Å². The molecule has 0 radical (unpaired) electrons. The van der Waals surface area contributed by atoms with Crippen LogP contribution < -0.4 is 5.73 Å². The topological polar surface area (TPSA) is 171 Å². The predicted molar refractivity (Wildman–Crippen MR) is 80.8 cm³/mol. The van der Waals surface area contributed by atoms with Crippen LogP contribution in [0.4, 0.5) is 0 Å². The summed E-state index contributed by atoms with van der Waals surface area (Å²) in [5.74, 6) is -0.944. The Balaban J connectivity index is 2.65. The van der Waals surface area contributed by atoms with Crippen LogP contribution in [0, 0.1) is 0 Å². The molecule has 1 rings (SSSR count). The van der Waals surface area contributed by atoms with Crippen molar-refractivity contribution in [3.8, 4) is 5.75 Å². The number of aliphatic hydroxyl groups excluding tert-OH is 4. The molecule has 0 saturated carbocycles. The Bertz CT molecular complexity index is 535. The van der Waals surface area contributed by atoms with Gasteiger partial charge in [-0.2, -0.15) is 0 Å². The molecule has 0 amide bonds. The van der Waals surface area contributed by atoms with E-state index in [0.29, 0.717) is 5.56 Å². The lowest BCUT2D eigenvalue weighted by atomic mass is 10.0. The second kappa shape index (κ2) is 9.30. The SMILES string of the molecule is NC(Cc1ccc(O)cc1)C(=O)O[C@@H](C=O)[C@@H](O)[C@H](O)[C@H](O)CO. The van der Waals surface area contributed by atoms with E-state index in [1.165, 1.54) is 12.1 Å². The van der Waals surface area contributed by atoms with Crippen molar-refractivity contribution in [3.63, 3.8) is 0 Å². The molecule has 1 unspecified atom stereocenters. The molecule has 1 aromatic rings. The lowest BCUT2D eigenvalue weighted by molar-refractivity contribution is -0.169. The Morgan fingerprint density at radius 1 is 1.17 bits per heavy atom. The number of aldehydes is 1. The van der Waals surface area contributed by atoms with Crippen molar-refractivity contribution in [2.75, 3.05) is 6.61 Å². The molecule has 7 N–H and O–H groups in total. The van der Waals surface area contributed by atoms with Gasteiger partial charge in [-0.25, -0.2) is 0 Å². The van der Waals surface area contributed by atoms with Gasteiger partial charge in [-0.3, -0.25) is 9.59 Å². The molecule has 1 aromatic carbocycles. The van der Waals surface area contributed by atoms with Gasteiger partial charge in [0.25, 0.3) is 0 Å². The minimum atomic E-state index is -1.92. The van der Waals surface area contributed by atoms with Crippen LogP contribution in [-0.4, -0.2) is 74.9 Å². The number of phenolic OH excluding ortho intramolecular Hbond substituents is 1. The van der Waals surface area contributed by atoms with Crippen molar-refractivity contribution in [1.29, 1.82) is 0 Å². The maximum Gasteiger partial charge on any atom is 0.324 e. The number of rotatable bonds is 9. The van der Waals surface area contributed by atoms with E-state index in [9.17, 15) is 30.0 Å².